The van der Waals surface area contributed by atoms with Crippen molar-refractivity contribution in [1.82, 2.24) is 0 Å². The molecule has 0 aromatic rings. The fourth-order valence-corrected chi connectivity index (χ4v) is 0. The van der Waals surface area contributed by atoms with Crippen molar-refractivity contribution in [2.75, 3.05) is 0 Å². The summed E-state index contributed by atoms with van der Waals surface area (Å²) in [5, 5.41) is 0. The van der Waals surface area contributed by atoms with Gasteiger partial charge in [0, 0.05) is 0 Å². The zero-order valence-corrected chi connectivity index (χ0v) is 0.500. The Morgan fingerprint density at radius 2 is 0.800 bits per heavy atom. The molecule has 0 aliphatic carbocycles. The van der Waals surface area contributed by atoms with E-state index < -0.39 is 0 Å². The maximum absolute atomic E-state index is 0. The Morgan fingerprint density at radius 3 is 0.800 bits per heavy atom. The van der Waals surface area contributed by atoms with E-state index in [9.17, 15) is 0 Å². The quantitative estimate of drug-likeness (QED) is 0.317. The molecule has 2 N–H and O–H groups in total. The monoisotopic (exact) mass is 158 g/mol. The molecule has 0 heterocycles. The van der Waals surface area contributed by atoms with E-state index in [0.717, 1.165) is 0 Å². The van der Waals surface area contributed by atoms with Crippen LogP contribution in [0.15, 0.2) is 0 Å². The minimum atomic E-state index is 0. The minimum Gasteiger partial charge on any atom is -0.0149 e. The summed E-state index contributed by atoms with van der Waals surface area (Å²) in [6, 6.07) is 0. The van der Waals surface area contributed by atoms with Gasteiger partial charge in [-0.05, 0) is 11.0 Å². The zero-order chi connectivity index (χ0) is 0. The van der Waals surface area contributed by atoms with E-state index in [1.165, 1.54) is 0 Å². The smallest absolute Gasteiger partial charge is 0.0149 e. The van der Waals surface area contributed by atoms with E-state index in [0.29, 0.717) is 0 Å². The van der Waals surface area contributed by atoms with Crippen molar-refractivity contribution in [3.63, 3.8) is 0 Å². The molecule has 26 valence electrons. The fraction of sp³-hybridized carbons (Fsp3) is 0. The van der Waals surface area contributed by atoms with Gasteiger partial charge in [0.05, 0.1) is 0 Å². The second-order valence-corrected chi connectivity index (χ2v) is 0. The first kappa shape index (κ1) is 37.7. The fourth-order valence-electron chi connectivity index (χ4n) is 0. The Morgan fingerprint density at radius 1 is 0.800 bits per heavy atom. The van der Waals surface area contributed by atoms with Gasteiger partial charge in [-0.1, -0.05) is 0 Å². The Labute approximate surface area is 118 Å². The Bertz CT molecular complexity index is 9.61. The van der Waals surface area contributed by atoms with Gasteiger partial charge in [-0.25, -0.2) is 0 Å². The molecule has 0 saturated heterocycles. The summed E-state index contributed by atoms with van der Waals surface area (Å²) in [6.07, 6.45) is 0. The molecule has 0 saturated carbocycles. The van der Waals surface area contributed by atoms with Gasteiger partial charge in [-0.15, -0.1) is 0 Å². The summed E-state index contributed by atoms with van der Waals surface area (Å²) in [5.41, 5.74) is 0. The molecule has 5 heteroatoms. The maximum Gasteiger partial charge on any atom is -0.0149 e. The summed E-state index contributed by atoms with van der Waals surface area (Å²) in [5.74, 6) is 0. The van der Waals surface area contributed by atoms with Crippen molar-refractivity contribution in [2.24, 2.45) is 0 Å². The molecular formula is H11Ca2NaOSi. The number of hydrogen-bond donors (Lipinski definition) is 0. The average molecular weight is 158 g/mol. The Hall–Kier alpha value is 3.70. The van der Waals surface area contributed by atoms with Crippen LogP contribution in [0.4, 0.5) is 0 Å². The van der Waals surface area contributed by atoms with Crippen molar-refractivity contribution in [2.45, 2.75) is 0 Å². The van der Waals surface area contributed by atoms with Crippen molar-refractivity contribution in [3.05, 3.63) is 0 Å². The van der Waals surface area contributed by atoms with E-state index in [2.05, 4.69) is 0 Å². The molecule has 0 atom stereocenters. The maximum atomic E-state index is 0. The molecule has 0 bridgehead atoms. The predicted molar refractivity (Wildman–Crippen MR) is 39.2 cm³/mol. The van der Waals surface area contributed by atoms with Crippen molar-refractivity contribution >= 4 is 116 Å². The number of hydrogen-bond acceptors (Lipinski definition) is 0. The van der Waals surface area contributed by atoms with Crippen LogP contribution in [0.5, 0.6) is 0 Å². The van der Waals surface area contributed by atoms with E-state index in [1.54, 1.807) is 0 Å². The van der Waals surface area contributed by atoms with Gasteiger partial charge < -0.3 is 5.48 Å². The third-order valence-corrected chi connectivity index (χ3v) is 0. The van der Waals surface area contributed by atoms with E-state index in [-0.39, 0.29) is 121 Å². The van der Waals surface area contributed by atoms with Crippen LogP contribution in [-0.2, 0) is 0 Å². The molecule has 0 fully saturated rings. The second-order valence-electron chi connectivity index (χ2n) is 0. The first-order chi connectivity index (χ1) is 0. The minimum absolute atomic E-state index is 0. The summed E-state index contributed by atoms with van der Waals surface area (Å²) < 4.78 is 0. The van der Waals surface area contributed by atoms with E-state index in [1.807, 2.05) is 0 Å². The van der Waals surface area contributed by atoms with Gasteiger partial charge in [0.15, 0.2) is 0 Å². The van der Waals surface area contributed by atoms with Gasteiger partial charge >= 0.3 is 105 Å². The standard InChI is InChI=1S/2Ca.Na.H2O.H4Si.5H/h;;;1H2;1H4;;;;;. The molecule has 0 spiro atoms. The molecule has 1 nitrogen and oxygen atoms in total. The van der Waals surface area contributed by atoms with Crippen LogP contribution in [-0.4, -0.2) is 121 Å². The Balaban J connectivity index is 0. The average Bonchev–Trinajstić information content (AvgIpc) is 0. The summed E-state index contributed by atoms with van der Waals surface area (Å²) in [4.78, 5) is 0. The van der Waals surface area contributed by atoms with Crippen LogP contribution in [0.1, 0.15) is 0 Å². The van der Waals surface area contributed by atoms with Crippen LogP contribution in [0, 0.1) is 0 Å². The zero-order valence-electron chi connectivity index (χ0n) is 0.500. The largest absolute Gasteiger partial charge is 0.0149 e. The predicted octanol–water partition coefficient (Wildman–Crippen LogP) is -4.76. The molecule has 0 aliphatic heterocycles. The SMILES string of the molecule is O.[CaH2].[CaH2].[NaH].[SiH4]. The van der Waals surface area contributed by atoms with Gasteiger partial charge in [-0.3, -0.25) is 0 Å². The molecule has 0 unspecified atom stereocenters. The van der Waals surface area contributed by atoms with Crippen LogP contribution in [0.2, 0.25) is 0 Å². The van der Waals surface area contributed by atoms with Gasteiger partial charge in [0.25, 0.3) is 0 Å². The van der Waals surface area contributed by atoms with Crippen LogP contribution in [0.25, 0.3) is 0 Å². The van der Waals surface area contributed by atoms with E-state index >= 15 is 0 Å². The first-order valence-electron chi connectivity index (χ1n) is 0. The summed E-state index contributed by atoms with van der Waals surface area (Å²) >= 11 is 0. The van der Waals surface area contributed by atoms with Crippen molar-refractivity contribution in [3.8, 4) is 0 Å². The Kier molecular flexibility index (Phi) is 190. The molecule has 0 aliphatic rings. The molecule has 5 heavy (non-hydrogen) atoms. The van der Waals surface area contributed by atoms with Gasteiger partial charge in [-0.2, -0.15) is 0 Å². The van der Waals surface area contributed by atoms with Crippen LogP contribution >= 0.6 is 0 Å². The molecule has 0 aromatic heterocycles. The van der Waals surface area contributed by atoms with Gasteiger partial charge in [0.1, 0.15) is 0 Å². The third-order valence-electron chi connectivity index (χ3n) is 0. The number of rotatable bonds is 0. The topological polar surface area (TPSA) is 31.5 Å². The molecule has 0 radical (unpaired) electrons. The molecule has 0 aromatic carbocycles. The second kappa shape index (κ2) is 25.3. The third kappa shape index (κ3) is 18.3. The first-order valence-corrected chi connectivity index (χ1v) is 0. The molecule has 0 rings (SSSR count). The van der Waals surface area contributed by atoms with Crippen LogP contribution < -0.4 is 0 Å². The van der Waals surface area contributed by atoms with E-state index in [4.69, 9.17) is 0 Å². The molecular weight excluding hydrogens is 147 g/mol. The van der Waals surface area contributed by atoms with Gasteiger partial charge in [0.2, 0.25) is 0 Å². The summed E-state index contributed by atoms with van der Waals surface area (Å²) in [7, 11) is 0. The normalized spacial score (nSPS) is 0. The van der Waals surface area contributed by atoms with Crippen molar-refractivity contribution < 1.29 is 5.48 Å². The van der Waals surface area contributed by atoms with Crippen molar-refractivity contribution in [1.29, 1.82) is 0 Å². The molecule has 0 amide bonds. The summed E-state index contributed by atoms with van der Waals surface area (Å²) in [6.45, 7) is 0. The van der Waals surface area contributed by atoms with Crippen LogP contribution in [0.3, 0.4) is 0 Å².